The Kier molecular flexibility index (Phi) is 4.93. The predicted molar refractivity (Wildman–Crippen MR) is 97.0 cm³/mol. The number of ether oxygens (including phenoxy) is 1. The van der Waals surface area contributed by atoms with Crippen molar-refractivity contribution in [2.75, 3.05) is 18.0 Å². The summed E-state index contributed by atoms with van der Waals surface area (Å²) >= 11 is 0. The molecule has 0 aromatic heterocycles. The fraction of sp³-hybridized carbons (Fsp3) is 0.200. The minimum atomic E-state index is -0.578. The number of cyclic esters (lactones) is 1. The highest BCUT2D eigenvalue weighted by Crippen LogP contribution is 2.22. The van der Waals surface area contributed by atoms with Crippen LogP contribution in [0.5, 0.6) is 0 Å². The van der Waals surface area contributed by atoms with Gasteiger partial charge in [-0.1, -0.05) is 24.3 Å². The maximum Gasteiger partial charge on any atom is 0.363 e. The van der Waals surface area contributed by atoms with E-state index in [-0.39, 0.29) is 17.2 Å². The van der Waals surface area contributed by atoms with Crippen LogP contribution >= 0.6 is 0 Å². The molecule has 4 nitrogen and oxygen atoms in total. The quantitative estimate of drug-likeness (QED) is 0.611. The molecule has 1 aliphatic rings. The number of esters is 1. The summed E-state index contributed by atoms with van der Waals surface area (Å²) in [5, 5.41) is 0. The molecule has 0 saturated carbocycles. The lowest BCUT2D eigenvalue weighted by molar-refractivity contribution is -0.129. The largest absolute Gasteiger partial charge is 0.402 e. The Hall–Kier alpha value is -2.95. The first-order valence-corrected chi connectivity index (χ1v) is 8.24. The Morgan fingerprint density at radius 3 is 2.40 bits per heavy atom. The highest BCUT2D eigenvalue weighted by Gasteiger charge is 2.25. The van der Waals surface area contributed by atoms with Gasteiger partial charge in [0.1, 0.15) is 5.82 Å². The summed E-state index contributed by atoms with van der Waals surface area (Å²) in [6.07, 6.45) is 1.64. The van der Waals surface area contributed by atoms with Gasteiger partial charge in [-0.05, 0) is 49.8 Å². The van der Waals surface area contributed by atoms with E-state index in [0.717, 1.165) is 24.3 Å². The molecule has 2 aromatic rings. The van der Waals surface area contributed by atoms with Crippen LogP contribution in [0.1, 0.15) is 25.0 Å². The summed E-state index contributed by atoms with van der Waals surface area (Å²) in [5.74, 6) is -1.06. The highest BCUT2D eigenvalue weighted by molar-refractivity contribution is 6.12. The van der Waals surface area contributed by atoms with Gasteiger partial charge in [-0.25, -0.2) is 14.2 Å². The maximum absolute atomic E-state index is 13.8. The second-order valence-corrected chi connectivity index (χ2v) is 5.58. The zero-order valence-electron chi connectivity index (χ0n) is 14.2. The van der Waals surface area contributed by atoms with E-state index in [9.17, 15) is 9.18 Å². The van der Waals surface area contributed by atoms with Crippen molar-refractivity contribution in [2.24, 2.45) is 4.99 Å². The van der Waals surface area contributed by atoms with Gasteiger partial charge >= 0.3 is 5.97 Å². The van der Waals surface area contributed by atoms with Gasteiger partial charge < -0.3 is 9.64 Å². The van der Waals surface area contributed by atoms with Crippen molar-refractivity contribution >= 4 is 23.6 Å². The number of benzene rings is 2. The monoisotopic (exact) mass is 338 g/mol. The van der Waals surface area contributed by atoms with Crippen LogP contribution in [0.3, 0.4) is 0 Å². The lowest BCUT2D eigenvalue weighted by atomic mass is 10.1. The average molecular weight is 338 g/mol. The number of carbonyl (C=O) groups is 1. The molecule has 5 heteroatoms. The van der Waals surface area contributed by atoms with Gasteiger partial charge in [0.25, 0.3) is 0 Å². The van der Waals surface area contributed by atoms with Crippen LogP contribution in [-0.2, 0) is 9.53 Å². The topological polar surface area (TPSA) is 41.9 Å². The first kappa shape index (κ1) is 16.9. The molecule has 0 amide bonds. The minimum Gasteiger partial charge on any atom is -0.402 e. The van der Waals surface area contributed by atoms with E-state index in [1.807, 2.05) is 24.3 Å². The number of hydrogen-bond donors (Lipinski definition) is 0. The van der Waals surface area contributed by atoms with Gasteiger partial charge in [-0.3, -0.25) is 0 Å². The number of aliphatic imine (C=N–C) groups is 1. The Bertz CT molecular complexity index is 837. The van der Waals surface area contributed by atoms with Gasteiger partial charge in [-0.15, -0.1) is 0 Å². The molecular weight excluding hydrogens is 319 g/mol. The molecule has 0 N–H and O–H groups in total. The summed E-state index contributed by atoms with van der Waals surface area (Å²) < 4.78 is 18.9. The second-order valence-electron chi connectivity index (χ2n) is 5.58. The van der Waals surface area contributed by atoms with E-state index in [1.54, 1.807) is 18.2 Å². The van der Waals surface area contributed by atoms with Gasteiger partial charge in [0.15, 0.2) is 5.70 Å². The van der Waals surface area contributed by atoms with Crippen LogP contribution in [0.25, 0.3) is 6.08 Å². The first-order valence-electron chi connectivity index (χ1n) is 8.24. The van der Waals surface area contributed by atoms with Crippen molar-refractivity contribution in [3.8, 4) is 0 Å². The van der Waals surface area contributed by atoms with Gasteiger partial charge in [-0.2, -0.15) is 0 Å². The number of nitrogens with zero attached hydrogens (tertiary/aromatic N) is 2. The summed E-state index contributed by atoms with van der Waals surface area (Å²) in [4.78, 5) is 18.4. The smallest absolute Gasteiger partial charge is 0.363 e. The Morgan fingerprint density at radius 1 is 1.08 bits per heavy atom. The zero-order valence-corrected chi connectivity index (χ0v) is 14.2. The normalized spacial score (nSPS) is 15.2. The maximum atomic E-state index is 13.8. The number of carbonyl (C=O) groups excluding carboxylic acids is 1. The first-order chi connectivity index (χ1) is 12.1. The summed E-state index contributed by atoms with van der Waals surface area (Å²) in [5.41, 5.74) is 2.29. The number of rotatable bonds is 5. The van der Waals surface area contributed by atoms with E-state index >= 15 is 0 Å². The van der Waals surface area contributed by atoms with Crippen LogP contribution in [0.15, 0.2) is 59.2 Å². The third-order valence-corrected chi connectivity index (χ3v) is 4.05. The fourth-order valence-electron chi connectivity index (χ4n) is 2.69. The van der Waals surface area contributed by atoms with E-state index in [4.69, 9.17) is 4.74 Å². The van der Waals surface area contributed by atoms with Crippen molar-refractivity contribution in [1.82, 2.24) is 0 Å². The Labute approximate surface area is 146 Å². The molecule has 3 rings (SSSR count). The molecule has 0 radical (unpaired) electrons. The van der Waals surface area contributed by atoms with Gasteiger partial charge in [0.2, 0.25) is 5.90 Å². The fourth-order valence-corrected chi connectivity index (χ4v) is 2.69. The molecule has 2 aromatic carbocycles. The van der Waals surface area contributed by atoms with Crippen molar-refractivity contribution in [3.05, 3.63) is 71.2 Å². The third-order valence-electron chi connectivity index (χ3n) is 4.05. The molecule has 0 bridgehead atoms. The van der Waals surface area contributed by atoms with Crippen molar-refractivity contribution in [3.63, 3.8) is 0 Å². The molecule has 25 heavy (non-hydrogen) atoms. The van der Waals surface area contributed by atoms with E-state index < -0.39 is 11.8 Å². The third kappa shape index (κ3) is 3.60. The minimum absolute atomic E-state index is 0.00545. The molecule has 0 spiro atoms. The van der Waals surface area contributed by atoms with E-state index in [1.165, 1.54) is 12.1 Å². The van der Waals surface area contributed by atoms with Crippen LogP contribution in [0, 0.1) is 5.82 Å². The van der Waals surface area contributed by atoms with E-state index in [2.05, 4.69) is 23.7 Å². The summed E-state index contributed by atoms with van der Waals surface area (Å²) in [6, 6.07) is 13.9. The molecule has 0 fully saturated rings. The highest BCUT2D eigenvalue weighted by atomic mass is 19.1. The van der Waals surface area contributed by atoms with Crippen LogP contribution in [-0.4, -0.2) is 25.0 Å². The molecule has 0 aliphatic carbocycles. The summed E-state index contributed by atoms with van der Waals surface area (Å²) in [6.45, 7) is 6.07. The van der Waals surface area contributed by atoms with Crippen molar-refractivity contribution < 1.29 is 13.9 Å². The van der Waals surface area contributed by atoms with Crippen LogP contribution in [0.2, 0.25) is 0 Å². The number of hydrogen-bond acceptors (Lipinski definition) is 4. The lowest BCUT2D eigenvalue weighted by Gasteiger charge is -2.20. The zero-order chi connectivity index (χ0) is 17.8. The van der Waals surface area contributed by atoms with E-state index in [0.29, 0.717) is 0 Å². The second kappa shape index (κ2) is 7.30. The number of anilines is 1. The Morgan fingerprint density at radius 2 is 1.76 bits per heavy atom. The van der Waals surface area contributed by atoms with Crippen LogP contribution < -0.4 is 4.90 Å². The predicted octanol–water partition coefficient (Wildman–Crippen LogP) is 4.02. The molecule has 1 aliphatic heterocycles. The molecule has 0 unspecified atom stereocenters. The Balaban J connectivity index is 1.86. The molecule has 1 heterocycles. The summed E-state index contributed by atoms with van der Waals surface area (Å²) in [7, 11) is 0. The molecule has 0 saturated heterocycles. The SMILES string of the molecule is CCN(CC)c1ccc(/C=C2/N=C(c3ccccc3F)OC2=O)cc1. The average Bonchev–Trinajstić information content (AvgIpc) is 2.98. The van der Waals surface area contributed by atoms with Gasteiger partial charge in [0, 0.05) is 18.8 Å². The van der Waals surface area contributed by atoms with Crippen molar-refractivity contribution in [2.45, 2.75) is 13.8 Å². The van der Waals surface area contributed by atoms with Crippen LogP contribution in [0.4, 0.5) is 10.1 Å². The molecule has 0 atom stereocenters. The number of halogens is 1. The lowest BCUT2D eigenvalue weighted by Crippen LogP contribution is -2.21. The molecular formula is C20H19FN2O2. The standard InChI is InChI=1S/C20H19FN2O2/c1-3-23(4-2)15-11-9-14(10-12-15)13-18-20(24)25-19(22-18)16-7-5-6-8-17(16)21/h5-13H,3-4H2,1-2H3/b18-13+. The molecule has 128 valence electrons. The van der Waals surface area contributed by atoms with Gasteiger partial charge in [0.05, 0.1) is 5.56 Å². The van der Waals surface area contributed by atoms with Crippen molar-refractivity contribution in [1.29, 1.82) is 0 Å².